The molecule has 3 aromatic rings. The van der Waals surface area contributed by atoms with Gasteiger partial charge in [-0.3, -0.25) is 4.79 Å². The summed E-state index contributed by atoms with van der Waals surface area (Å²) in [7, 11) is 0. The van der Waals surface area contributed by atoms with Gasteiger partial charge in [-0.05, 0) is 30.7 Å². The first-order chi connectivity index (χ1) is 12.3. The second-order valence-corrected chi connectivity index (χ2v) is 5.98. The Hall–Kier alpha value is -3.15. The number of aryl methyl sites for hydroxylation is 1. The van der Waals surface area contributed by atoms with Gasteiger partial charge in [0.25, 0.3) is 5.91 Å². The quantitative estimate of drug-likeness (QED) is 0.796. The molecule has 3 heterocycles. The molecule has 0 bridgehead atoms. The molecule has 0 aliphatic carbocycles. The van der Waals surface area contributed by atoms with Gasteiger partial charge in [-0.25, -0.2) is 9.97 Å². The molecule has 0 radical (unpaired) electrons. The third-order valence-electron chi connectivity index (χ3n) is 4.24. The molecule has 0 spiro atoms. The van der Waals surface area contributed by atoms with Crippen LogP contribution in [0.2, 0.25) is 0 Å². The summed E-state index contributed by atoms with van der Waals surface area (Å²) in [5, 5.41) is 3.08. The molecular weight excluding hydrogens is 316 g/mol. The van der Waals surface area contributed by atoms with Crippen molar-refractivity contribution < 1.29 is 9.53 Å². The Morgan fingerprint density at radius 2 is 2.00 bits per heavy atom. The first kappa shape index (κ1) is 15.4. The van der Waals surface area contributed by atoms with Gasteiger partial charge in [0.1, 0.15) is 17.1 Å². The topological polar surface area (TPSA) is 69.0 Å². The second kappa shape index (κ2) is 6.76. The molecule has 25 heavy (non-hydrogen) atoms. The highest BCUT2D eigenvalue weighted by atomic mass is 16.5. The molecule has 2 aromatic heterocycles. The number of hydrogen-bond acceptors (Lipinski definition) is 4. The maximum Gasteiger partial charge on any atom is 0.257 e. The van der Waals surface area contributed by atoms with Gasteiger partial charge in [-0.15, -0.1) is 0 Å². The number of nitrogens with zero attached hydrogens (tertiary/aromatic N) is 3. The summed E-state index contributed by atoms with van der Waals surface area (Å²) in [6.07, 6.45) is 7.10. The largest absolute Gasteiger partial charge is 0.438 e. The SMILES string of the molecule is O=C(N[C@@H]1CCc2nccn2C1)c1cccnc1Oc1ccccc1. The Labute approximate surface area is 145 Å². The number of imidazole rings is 1. The molecule has 4 rings (SSSR count). The van der Waals surface area contributed by atoms with Crippen LogP contribution in [0.15, 0.2) is 61.1 Å². The Morgan fingerprint density at radius 3 is 2.88 bits per heavy atom. The molecular formula is C19H18N4O2. The monoisotopic (exact) mass is 334 g/mol. The van der Waals surface area contributed by atoms with Crippen LogP contribution in [0.1, 0.15) is 22.6 Å². The highest BCUT2D eigenvalue weighted by molar-refractivity contribution is 5.96. The molecule has 1 amide bonds. The number of fused-ring (bicyclic) bond motifs is 1. The molecule has 1 N–H and O–H groups in total. The van der Waals surface area contributed by atoms with Crippen molar-refractivity contribution in [3.63, 3.8) is 0 Å². The summed E-state index contributed by atoms with van der Waals surface area (Å²) in [5.74, 6) is 1.86. The van der Waals surface area contributed by atoms with Crippen LogP contribution in [0.5, 0.6) is 11.6 Å². The van der Waals surface area contributed by atoms with Crippen molar-refractivity contribution in [3.05, 3.63) is 72.4 Å². The van der Waals surface area contributed by atoms with E-state index in [0.717, 1.165) is 25.2 Å². The molecule has 1 atom stereocenters. The number of carbonyl (C=O) groups excluding carboxylic acids is 1. The summed E-state index contributed by atoms with van der Waals surface area (Å²) in [6.45, 7) is 0.732. The first-order valence-corrected chi connectivity index (χ1v) is 8.28. The summed E-state index contributed by atoms with van der Waals surface area (Å²) in [6, 6.07) is 12.9. The molecule has 1 aromatic carbocycles. The normalized spacial score (nSPS) is 16.1. The van der Waals surface area contributed by atoms with Crippen molar-refractivity contribution in [2.45, 2.75) is 25.4 Å². The summed E-state index contributed by atoms with van der Waals surface area (Å²) >= 11 is 0. The second-order valence-electron chi connectivity index (χ2n) is 5.98. The van der Waals surface area contributed by atoms with E-state index in [1.165, 1.54) is 0 Å². The Bertz CT molecular complexity index is 876. The fraction of sp³-hybridized carbons (Fsp3) is 0.211. The molecule has 1 aliphatic heterocycles. The van der Waals surface area contributed by atoms with Gasteiger partial charge in [-0.2, -0.15) is 0 Å². The zero-order chi connectivity index (χ0) is 17.1. The lowest BCUT2D eigenvalue weighted by molar-refractivity contribution is 0.0924. The minimum atomic E-state index is -0.174. The third-order valence-corrected chi connectivity index (χ3v) is 4.24. The van der Waals surface area contributed by atoms with E-state index in [1.807, 2.05) is 36.5 Å². The number of nitrogens with one attached hydrogen (secondary N) is 1. The smallest absolute Gasteiger partial charge is 0.257 e. The van der Waals surface area contributed by atoms with Crippen molar-refractivity contribution in [2.75, 3.05) is 0 Å². The van der Waals surface area contributed by atoms with Crippen LogP contribution in [0.25, 0.3) is 0 Å². The van der Waals surface area contributed by atoms with Gasteiger partial charge in [0.15, 0.2) is 0 Å². The van der Waals surface area contributed by atoms with Crippen molar-refractivity contribution in [2.24, 2.45) is 0 Å². The van der Waals surface area contributed by atoms with Crippen molar-refractivity contribution >= 4 is 5.91 Å². The van der Waals surface area contributed by atoms with Crippen LogP contribution in [0.4, 0.5) is 0 Å². The number of carbonyl (C=O) groups is 1. The van der Waals surface area contributed by atoms with Gasteiger partial charge in [0.2, 0.25) is 5.88 Å². The molecule has 6 nitrogen and oxygen atoms in total. The van der Waals surface area contributed by atoms with Crippen molar-refractivity contribution in [3.8, 4) is 11.6 Å². The van der Waals surface area contributed by atoms with Gasteiger partial charge in [0.05, 0.1) is 0 Å². The Morgan fingerprint density at radius 1 is 1.12 bits per heavy atom. The van der Waals surface area contributed by atoms with E-state index in [1.54, 1.807) is 24.5 Å². The number of benzene rings is 1. The Kier molecular flexibility index (Phi) is 4.16. The fourth-order valence-electron chi connectivity index (χ4n) is 2.99. The molecule has 0 fully saturated rings. The van der Waals surface area contributed by atoms with Crippen LogP contribution in [0.3, 0.4) is 0 Å². The predicted octanol–water partition coefficient (Wildman–Crippen LogP) is 2.82. The van der Waals surface area contributed by atoms with Crippen LogP contribution in [0, 0.1) is 0 Å². The van der Waals surface area contributed by atoms with Crippen LogP contribution >= 0.6 is 0 Å². The predicted molar refractivity (Wildman–Crippen MR) is 92.6 cm³/mol. The van der Waals surface area contributed by atoms with E-state index in [-0.39, 0.29) is 11.9 Å². The van der Waals surface area contributed by atoms with E-state index in [2.05, 4.69) is 19.9 Å². The van der Waals surface area contributed by atoms with Gasteiger partial charge in [0, 0.05) is 37.6 Å². The molecule has 0 saturated carbocycles. The lowest BCUT2D eigenvalue weighted by Gasteiger charge is -2.25. The number of aromatic nitrogens is 3. The number of ether oxygens (including phenoxy) is 1. The summed E-state index contributed by atoms with van der Waals surface area (Å²) < 4.78 is 7.86. The summed E-state index contributed by atoms with van der Waals surface area (Å²) in [5.41, 5.74) is 0.433. The minimum absolute atomic E-state index is 0.0685. The number of rotatable bonds is 4. The maximum atomic E-state index is 12.7. The van der Waals surface area contributed by atoms with Crippen LogP contribution < -0.4 is 10.1 Å². The maximum absolute atomic E-state index is 12.7. The average Bonchev–Trinajstić information content (AvgIpc) is 3.11. The minimum Gasteiger partial charge on any atom is -0.438 e. The standard InChI is InChI=1S/C19H18N4O2/c24-18(22-14-8-9-17-20-11-12-23(17)13-14)16-7-4-10-21-19(16)25-15-5-2-1-3-6-15/h1-7,10-12,14H,8-9,13H2,(H,22,24)/t14-/m1/s1. The van der Waals surface area contributed by atoms with E-state index < -0.39 is 0 Å². The van der Waals surface area contributed by atoms with E-state index >= 15 is 0 Å². The number of pyridine rings is 1. The molecule has 1 aliphatic rings. The zero-order valence-electron chi connectivity index (χ0n) is 13.6. The number of amides is 1. The van der Waals surface area contributed by atoms with Crippen molar-refractivity contribution in [1.29, 1.82) is 0 Å². The molecule has 6 heteroatoms. The first-order valence-electron chi connectivity index (χ1n) is 8.28. The molecule has 0 saturated heterocycles. The van der Waals surface area contributed by atoms with E-state index in [9.17, 15) is 4.79 Å². The number of para-hydroxylation sites is 1. The highest BCUT2D eigenvalue weighted by Gasteiger charge is 2.22. The Balaban J connectivity index is 1.49. The van der Waals surface area contributed by atoms with Crippen molar-refractivity contribution in [1.82, 2.24) is 19.9 Å². The van der Waals surface area contributed by atoms with Gasteiger partial charge >= 0.3 is 0 Å². The van der Waals surface area contributed by atoms with Crippen LogP contribution in [-0.4, -0.2) is 26.5 Å². The van der Waals surface area contributed by atoms with Gasteiger partial charge in [-0.1, -0.05) is 18.2 Å². The molecule has 126 valence electrons. The summed E-state index contributed by atoms with van der Waals surface area (Å²) in [4.78, 5) is 21.2. The lowest BCUT2D eigenvalue weighted by atomic mass is 10.1. The highest BCUT2D eigenvalue weighted by Crippen LogP contribution is 2.23. The third kappa shape index (κ3) is 3.38. The zero-order valence-corrected chi connectivity index (χ0v) is 13.6. The van der Waals surface area contributed by atoms with Gasteiger partial charge < -0.3 is 14.6 Å². The number of hydrogen-bond donors (Lipinski definition) is 1. The van der Waals surface area contributed by atoms with Crippen LogP contribution in [-0.2, 0) is 13.0 Å². The van der Waals surface area contributed by atoms with E-state index in [4.69, 9.17) is 4.74 Å². The molecule has 0 unspecified atom stereocenters. The fourth-order valence-corrected chi connectivity index (χ4v) is 2.99. The average molecular weight is 334 g/mol. The lowest BCUT2D eigenvalue weighted by Crippen LogP contribution is -2.41. The van der Waals surface area contributed by atoms with E-state index in [0.29, 0.717) is 17.2 Å².